The zero-order chi connectivity index (χ0) is 26.6. The summed E-state index contributed by atoms with van der Waals surface area (Å²) in [6.07, 6.45) is 2.28. The Morgan fingerprint density at radius 1 is 1.16 bits per heavy atom. The van der Waals surface area contributed by atoms with Crippen molar-refractivity contribution >= 4 is 22.7 Å². The fourth-order valence-corrected chi connectivity index (χ4v) is 4.90. The predicted molar refractivity (Wildman–Crippen MR) is 144 cm³/mol. The van der Waals surface area contributed by atoms with Crippen molar-refractivity contribution in [2.24, 2.45) is 5.41 Å². The SMILES string of the molecule is CC(c1ccc(C#N)cc1)N1CCC(NC(=O)C(CC(C)(C)C)Nc2nc(=O)oc3ccccc23)CC1. The maximum absolute atomic E-state index is 13.5. The molecule has 1 saturated heterocycles. The minimum atomic E-state index is -0.695. The number of amides is 1. The second kappa shape index (κ2) is 11.1. The van der Waals surface area contributed by atoms with Crippen LogP contribution in [0.1, 0.15) is 64.1 Å². The van der Waals surface area contributed by atoms with Crippen LogP contribution in [0.5, 0.6) is 0 Å². The Balaban J connectivity index is 1.42. The summed E-state index contributed by atoms with van der Waals surface area (Å²) in [6, 6.07) is 16.9. The molecule has 0 saturated carbocycles. The van der Waals surface area contributed by atoms with Gasteiger partial charge < -0.3 is 15.1 Å². The molecule has 2 atom stereocenters. The first-order valence-corrected chi connectivity index (χ1v) is 12.8. The van der Waals surface area contributed by atoms with Crippen molar-refractivity contribution in [3.05, 3.63) is 70.2 Å². The predicted octanol–water partition coefficient (Wildman–Crippen LogP) is 4.62. The summed E-state index contributed by atoms with van der Waals surface area (Å²) in [7, 11) is 0. The molecule has 1 amide bonds. The van der Waals surface area contributed by atoms with E-state index in [-0.39, 0.29) is 23.4 Å². The Morgan fingerprint density at radius 3 is 2.49 bits per heavy atom. The molecule has 2 unspecified atom stereocenters. The van der Waals surface area contributed by atoms with Gasteiger partial charge in [0.15, 0.2) is 0 Å². The van der Waals surface area contributed by atoms with Gasteiger partial charge in [0.2, 0.25) is 5.91 Å². The Labute approximate surface area is 217 Å². The largest absolute Gasteiger partial charge is 0.441 e. The molecule has 1 fully saturated rings. The number of nitrogens with one attached hydrogen (secondary N) is 2. The Hall–Kier alpha value is -3.70. The van der Waals surface area contributed by atoms with E-state index in [4.69, 9.17) is 9.68 Å². The number of fused-ring (bicyclic) bond motifs is 1. The summed E-state index contributed by atoms with van der Waals surface area (Å²) < 4.78 is 5.21. The van der Waals surface area contributed by atoms with Gasteiger partial charge in [-0.05, 0) is 61.4 Å². The number of carbonyl (C=O) groups is 1. The number of likely N-dealkylation sites (tertiary alicyclic amines) is 1. The van der Waals surface area contributed by atoms with E-state index >= 15 is 0 Å². The summed E-state index contributed by atoms with van der Waals surface area (Å²) in [5.41, 5.74) is 2.16. The summed E-state index contributed by atoms with van der Waals surface area (Å²) in [5, 5.41) is 16.2. The van der Waals surface area contributed by atoms with E-state index in [1.165, 1.54) is 5.56 Å². The average molecular weight is 502 g/mol. The highest BCUT2D eigenvalue weighted by Crippen LogP contribution is 2.27. The molecule has 194 valence electrons. The number of carbonyl (C=O) groups excluding carboxylic acids is 1. The van der Waals surface area contributed by atoms with E-state index in [0.717, 1.165) is 25.9 Å². The average Bonchev–Trinajstić information content (AvgIpc) is 2.87. The van der Waals surface area contributed by atoms with E-state index in [0.29, 0.717) is 28.8 Å². The van der Waals surface area contributed by atoms with Crippen LogP contribution in [-0.2, 0) is 4.79 Å². The van der Waals surface area contributed by atoms with Crippen molar-refractivity contribution in [2.45, 2.75) is 65.1 Å². The minimum absolute atomic E-state index is 0.0757. The van der Waals surface area contributed by atoms with E-state index in [1.54, 1.807) is 12.1 Å². The van der Waals surface area contributed by atoms with Gasteiger partial charge in [-0.1, -0.05) is 45.0 Å². The Bertz CT molecular complexity index is 1330. The van der Waals surface area contributed by atoms with Crippen LogP contribution in [0.4, 0.5) is 5.82 Å². The van der Waals surface area contributed by atoms with Crippen molar-refractivity contribution in [3.8, 4) is 6.07 Å². The Morgan fingerprint density at radius 2 is 1.84 bits per heavy atom. The molecule has 3 aromatic rings. The lowest BCUT2D eigenvalue weighted by molar-refractivity contribution is -0.123. The molecule has 8 heteroatoms. The third kappa shape index (κ3) is 6.75. The smallest absolute Gasteiger partial charge is 0.408 e. The first kappa shape index (κ1) is 26.4. The fraction of sp³-hybridized carbons (Fsp3) is 0.448. The van der Waals surface area contributed by atoms with Gasteiger partial charge in [0.1, 0.15) is 17.4 Å². The van der Waals surface area contributed by atoms with Crippen LogP contribution in [0, 0.1) is 16.7 Å². The third-order valence-corrected chi connectivity index (χ3v) is 6.93. The van der Waals surface area contributed by atoms with Gasteiger partial charge in [-0.3, -0.25) is 9.69 Å². The molecule has 2 N–H and O–H groups in total. The number of aromatic nitrogens is 1. The van der Waals surface area contributed by atoms with Crippen LogP contribution in [0.15, 0.2) is 57.7 Å². The number of hydrogen-bond acceptors (Lipinski definition) is 7. The van der Waals surface area contributed by atoms with Crippen molar-refractivity contribution < 1.29 is 9.21 Å². The van der Waals surface area contributed by atoms with E-state index in [1.807, 2.05) is 36.4 Å². The molecule has 1 aromatic heterocycles. The number of hydrogen-bond donors (Lipinski definition) is 2. The summed E-state index contributed by atoms with van der Waals surface area (Å²) in [6.45, 7) is 10.2. The van der Waals surface area contributed by atoms with Crippen LogP contribution < -0.4 is 16.4 Å². The normalized spacial score (nSPS) is 16.6. The van der Waals surface area contributed by atoms with Gasteiger partial charge in [0, 0.05) is 25.2 Å². The molecule has 2 aromatic carbocycles. The lowest BCUT2D eigenvalue weighted by Gasteiger charge is -2.37. The molecular weight excluding hydrogens is 466 g/mol. The van der Waals surface area contributed by atoms with Gasteiger partial charge in [0.05, 0.1) is 17.0 Å². The van der Waals surface area contributed by atoms with Crippen LogP contribution in [-0.4, -0.2) is 41.0 Å². The van der Waals surface area contributed by atoms with Gasteiger partial charge in [-0.15, -0.1) is 0 Å². The number of nitrogens with zero attached hydrogens (tertiary/aromatic N) is 3. The van der Waals surface area contributed by atoms with Gasteiger partial charge >= 0.3 is 5.76 Å². The number of nitriles is 1. The van der Waals surface area contributed by atoms with Gasteiger partial charge in [-0.25, -0.2) is 4.79 Å². The molecule has 0 radical (unpaired) electrons. The number of anilines is 1. The first-order chi connectivity index (χ1) is 17.6. The van der Waals surface area contributed by atoms with Crippen molar-refractivity contribution in [1.82, 2.24) is 15.2 Å². The van der Waals surface area contributed by atoms with E-state index in [9.17, 15) is 9.59 Å². The maximum atomic E-state index is 13.5. The third-order valence-electron chi connectivity index (χ3n) is 6.93. The molecular formula is C29H35N5O3. The van der Waals surface area contributed by atoms with E-state index < -0.39 is 11.8 Å². The summed E-state index contributed by atoms with van der Waals surface area (Å²) in [4.78, 5) is 32.0. The highest BCUT2D eigenvalue weighted by atomic mass is 16.4. The maximum Gasteiger partial charge on any atom is 0.441 e. The highest BCUT2D eigenvalue weighted by Gasteiger charge is 2.30. The summed E-state index contributed by atoms with van der Waals surface area (Å²) >= 11 is 0. The van der Waals surface area contributed by atoms with Gasteiger partial charge in [0.25, 0.3) is 0 Å². The topological polar surface area (TPSA) is 111 Å². The number of rotatable bonds is 7. The van der Waals surface area contributed by atoms with Crippen molar-refractivity contribution in [1.29, 1.82) is 5.26 Å². The molecule has 0 spiro atoms. The summed E-state index contributed by atoms with van der Waals surface area (Å²) in [5.74, 6) is -0.421. The molecule has 2 heterocycles. The molecule has 0 bridgehead atoms. The highest BCUT2D eigenvalue weighted by molar-refractivity contribution is 5.91. The standard InChI is InChI=1S/C29H35N5O3/c1-19(21-11-9-20(18-30)10-12-21)34-15-13-22(14-16-34)31-27(35)24(17-29(2,3)4)32-26-23-7-5-6-8-25(23)37-28(36)33-26/h5-12,19,22,24H,13-17H2,1-4H3,(H,31,35)(H,32,33,36). The number of benzene rings is 2. The zero-order valence-corrected chi connectivity index (χ0v) is 22.0. The van der Waals surface area contributed by atoms with Crippen LogP contribution in [0.3, 0.4) is 0 Å². The molecule has 1 aliphatic heterocycles. The first-order valence-electron chi connectivity index (χ1n) is 12.8. The molecule has 1 aliphatic rings. The number of piperidine rings is 1. The monoisotopic (exact) mass is 501 g/mol. The zero-order valence-electron chi connectivity index (χ0n) is 22.0. The lowest BCUT2D eigenvalue weighted by Crippen LogP contribution is -2.50. The quantitative estimate of drug-likeness (QED) is 0.486. The van der Waals surface area contributed by atoms with Crippen LogP contribution in [0.25, 0.3) is 11.0 Å². The van der Waals surface area contributed by atoms with Crippen LogP contribution in [0.2, 0.25) is 0 Å². The molecule has 37 heavy (non-hydrogen) atoms. The molecule has 0 aliphatic carbocycles. The fourth-order valence-electron chi connectivity index (χ4n) is 4.90. The van der Waals surface area contributed by atoms with Crippen LogP contribution >= 0.6 is 0 Å². The Kier molecular flexibility index (Phi) is 7.94. The lowest BCUT2D eigenvalue weighted by atomic mass is 9.87. The molecule has 4 rings (SSSR count). The van der Waals surface area contributed by atoms with Crippen molar-refractivity contribution in [2.75, 3.05) is 18.4 Å². The second-order valence-corrected chi connectivity index (χ2v) is 11.0. The second-order valence-electron chi connectivity index (χ2n) is 11.0. The molecule has 8 nitrogen and oxygen atoms in total. The number of para-hydroxylation sites is 1. The minimum Gasteiger partial charge on any atom is -0.408 e. The van der Waals surface area contributed by atoms with Gasteiger partial charge in [-0.2, -0.15) is 10.2 Å². The van der Waals surface area contributed by atoms with E-state index in [2.05, 4.69) is 54.3 Å². The van der Waals surface area contributed by atoms with Crippen molar-refractivity contribution in [3.63, 3.8) is 0 Å².